The molecule has 2 aliphatic rings. The largest absolute Gasteiger partial charge is 0.344 e. The van der Waals surface area contributed by atoms with E-state index in [1.807, 2.05) is 17.3 Å². The Balaban J connectivity index is 1.43. The SMILES string of the molecule is CCc1nccn1CCN1CCN(C(=O)C2CCC(=O)N2)CC1. The predicted molar refractivity (Wildman–Crippen MR) is 85.8 cm³/mol. The summed E-state index contributed by atoms with van der Waals surface area (Å²) >= 11 is 0. The van der Waals surface area contributed by atoms with Crippen molar-refractivity contribution in [3.8, 4) is 0 Å². The Morgan fingerprint density at radius 3 is 2.74 bits per heavy atom. The number of piperazine rings is 1. The van der Waals surface area contributed by atoms with E-state index in [0.717, 1.165) is 51.5 Å². The molecule has 0 saturated carbocycles. The molecule has 126 valence electrons. The van der Waals surface area contributed by atoms with Crippen LogP contribution in [0.5, 0.6) is 0 Å². The lowest BCUT2D eigenvalue weighted by Gasteiger charge is -2.36. The summed E-state index contributed by atoms with van der Waals surface area (Å²) in [5.74, 6) is 1.20. The summed E-state index contributed by atoms with van der Waals surface area (Å²) < 4.78 is 2.20. The van der Waals surface area contributed by atoms with Gasteiger partial charge in [0.2, 0.25) is 11.8 Å². The summed E-state index contributed by atoms with van der Waals surface area (Å²) in [6.07, 6.45) is 5.94. The van der Waals surface area contributed by atoms with Crippen LogP contribution < -0.4 is 5.32 Å². The second kappa shape index (κ2) is 7.12. The molecular weight excluding hydrogens is 294 g/mol. The lowest BCUT2D eigenvalue weighted by molar-refractivity contribution is -0.136. The molecule has 1 aromatic rings. The average Bonchev–Trinajstić information content (AvgIpc) is 3.21. The fraction of sp³-hybridized carbons (Fsp3) is 0.688. The van der Waals surface area contributed by atoms with Gasteiger partial charge in [0.1, 0.15) is 11.9 Å². The van der Waals surface area contributed by atoms with Gasteiger partial charge in [0.15, 0.2) is 0 Å². The maximum atomic E-state index is 12.4. The number of carbonyl (C=O) groups excluding carboxylic acids is 2. The molecule has 1 unspecified atom stereocenters. The minimum absolute atomic E-state index is 0.00551. The van der Waals surface area contributed by atoms with Crippen LogP contribution in [0.1, 0.15) is 25.6 Å². The highest BCUT2D eigenvalue weighted by Crippen LogP contribution is 2.12. The molecular formula is C16H25N5O2. The van der Waals surface area contributed by atoms with Crippen molar-refractivity contribution in [1.82, 2.24) is 24.7 Å². The van der Waals surface area contributed by atoms with Crippen molar-refractivity contribution in [2.75, 3.05) is 32.7 Å². The number of nitrogens with one attached hydrogen (secondary N) is 1. The maximum absolute atomic E-state index is 12.4. The van der Waals surface area contributed by atoms with E-state index in [-0.39, 0.29) is 17.9 Å². The smallest absolute Gasteiger partial charge is 0.245 e. The van der Waals surface area contributed by atoms with Crippen LogP contribution in [0.4, 0.5) is 0 Å². The summed E-state index contributed by atoms with van der Waals surface area (Å²) in [6.45, 7) is 7.31. The minimum atomic E-state index is -0.299. The van der Waals surface area contributed by atoms with E-state index >= 15 is 0 Å². The van der Waals surface area contributed by atoms with E-state index in [1.165, 1.54) is 0 Å². The number of nitrogens with zero attached hydrogens (tertiary/aromatic N) is 4. The molecule has 3 rings (SSSR count). The van der Waals surface area contributed by atoms with Gasteiger partial charge >= 0.3 is 0 Å². The minimum Gasteiger partial charge on any atom is -0.344 e. The monoisotopic (exact) mass is 319 g/mol. The number of aromatic nitrogens is 2. The fourth-order valence-electron chi connectivity index (χ4n) is 3.32. The second-order valence-electron chi connectivity index (χ2n) is 6.22. The molecule has 23 heavy (non-hydrogen) atoms. The first kappa shape index (κ1) is 16.0. The third-order valence-corrected chi connectivity index (χ3v) is 4.75. The van der Waals surface area contributed by atoms with Crippen molar-refractivity contribution in [2.45, 2.75) is 38.8 Å². The van der Waals surface area contributed by atoms with E-state index in [9.17, 15) is 9.59 Å². The summed E-state index contributed by atoms with van der Waals surface area (Å²) in [5.41, 5.74) is 0. The zero-order valence-corrected chi connectivity index (χ0v) is 13.7. The number of hydrogen-bond acceptors (Lipinski definition) is 4. The summed E-state index contributed by atoms with van der Waals surface area (Å²) in [7, 11) is 0. The predicted octanol–water partition coefficient (Wildman–Crippen LogP) is -0.132. The first-order valence-electron chi connectivity index (χ1n) is 8.48. The molecule has 1 N–H and O–H groups in total. The van der Waals surface area contributed by atoms with Gasteiger partial charge in [-0.05, 0) is 6.42 Å². The molecule has 0 bridgehead atoms. The lowest BCUT2D eigenvalue weighted by atomic mass is 10.2. The van der Waals surface area contributed by atoms with E-state index in [1.54, 1.807) is 0 Å². The zero-order valence-electron chi connectivity index (χ0n) is 13.7. The van der Waals surface area contributed by atoms with Gasteiger partial charge in [0.05, 0.1) is 0 Å². The average molecular weight is 319 g/mol. The van der Waals surface area contributed by atoms with Crippen molar-refractivity contribution in [1.29, 1.82) is 0 Å². The molecule has 7 heteroatoms. The molecule has 3 heterocycles. The van der Waals surface area contributed by atoms with E-state index < -0.39 is 0 Å². The Kier molecular flexibility index (Phi) is 4.95. The molecule has 0 radical (unpaired) electrons. The molecule has 2 fully saturated rings. The third-order valence-electron chi connectivity index (χ3n) is 4.75. The van der Waals surface area contributed by atoms with Crippen LogP contribution in [0.25, 0.3) is 0 Å². The highest BCUT2D eigenvalue weighted by molar-refractivity contribution is 5.90. The number of rotatable bonds is 5. The van der Waals surface area contributed by atoms with Gasteiger partial charge in [-0.15, -0.1) is 0 Å². The van der Waals surface area contributed by atoms with Gasteiger partial charge in [-0.25, -0.2) is 4.98 Å². The van der Waals surface area contributed by atoms with Crippen LogP contribution in [0.3, 0.4) is 0 Å². The van der Waals surface area contributed by atoms with Crippen LogP contribution in [-0.4, -0.2) is 69.9 Å². The van der Waals surface area contributed by atoms with E-state index in [0.29, 0.717) is 12.8 Å². The topological polar surface area (TPSA) is 70.5 Å². The summed E-state index contributed by atoms with van der Waals surface area (Å²) in [5, 5.41) is 2.76. The molecule has 0 aromatic carbocycles. The van der Waals surface area contributed by atoms with Crippen LogP contribution in [0.15, 0.2) is 12.4 Å². The number of aryl methyl sites for hydroxylation is 1. The number of carbonyl (C=O) groups is 2. The van der Waals surface area contributed by atoms with Gasteiger partial charge < -0.3 is 14.8 Å². The Hall–Kier alpha value is -1.89. The highest BCUT2D eigenvalue weighted by Gasteiger charge is 2.32. The molecule has 1 aromatic heterocycles. The van der Waals surface area contributed by atoms with Crippen molar-refractivity contribution >= 4 is 11.8 Å². The van der Waals surface area contributed by atoms with Crippen LogP contribution >= 0.6 is 0 Å². The highest BCUT2D eigenvalue weighted by atomic mass is 16.2. The van der Waals surface area contributed by atoms with E-state index in [2.05, 4.69) is 26.7 Å². The summed E-state index contributed by atoms with van der Waals surface area (Å²) in [4.78, 5) is 32.2. The molecule has 7 nitrogen and oxygen atoms in total. The third kappa shape index (κ3) is 3.72. The standard InChI is InChI=1S/C16H25N5O2/c1-2-14-17-5-6-20(14)10-7-19-8-11-21(12-9-19)16(23)13-3-4-15(22)18-13/h5-6,13H,2-4,7-12H2,1H3,(H,18,22). The number of imidazole rings is 1. The van der Waals surface area contributed by atoms with Crippen molar-refractivity contribution in [2.24, 2.45) is 0 Å². The zero-order chi connectivity index (χ0) is 16.2. The van der Waals surface area contributed by atoms with Crippen molar-refractivity contribution in [3.63, 3.8) is 0 Å². The second-order valence-corrected chi connectivity index (χ2v) is 6.22. The van der Waals surface area contributed by atoms with Gasteiger partial charge in [0.25, 0.3) is 0 Å². The van der Waals surface area contributed by atoms with Crippen molar-refractivity contribution in [3.05, 3.63) is 18.2 Å². The molecule has 2 saturated heterocycles. The van der Waals surface area contributed by atoms with Gasteiger partial charge in [0, 0.05) is 64.5 Å². The summed E-state index contributed by atoms with van der Waals surface area (Å²) in [6, 6.07) is -0.299. The molecule has 0 spiro atoms. The van der Waals surface area contributed by atoms with Crippen LogP contribution in [-0.2, 0) is 22.6 Å². The Morgan fingerprint density at radius 2 is 2.09 bits per heavy atom. The molecule has 1 atom stereocenters. The van der Waals surface area contributed by atoms with Gasteiger partial charge in [-0.1, -0.05) is 6.92 Å². The normalized spacial score (nSPS) is 22.4. The van der Waals surface area contributed by atoms with Crippen molar-refractivity contribution < 1.29 is 9.59 Å². The molecule has 2 aliphatic heterocycles. The number of amides is 2. The fourth-order valence-corrected chi connectivity index (χ4v) is 3.32. The van der Waals surface area contributed by atoms with Crippen LogP contribution in [0, 0.1) is 0 Å². The maximum Gasteiger partial charge on any atom is 0.245 e. The van der Waals surface area contributed by atoms with Crippen LogP contribution in [0.2, 0.25) is 0 Å². The quantitative estimate of drug-likeness (QED) is 0.821. The number of hydrogen-bond donors (Lipinski definition) is 1. The molecule has 0 aliphatic carbocycles. The Labute approximate surface area is 136 Å². The van der Waals surface area contributed by atoms with Gasteiger partial charge in [-0.3, -0.25) is 14.5 Å². The Bertz CT molecular complexity index is 563. The van der Waals surface area contributed by atoms with E-state index in [4.69, 9.17) is 0 Å². The van der Waals surface area contributed by atoms with Gasteiger partial charge in [-0.2, -0.15) is 0 Å². The first-order chi connectivity index (χ1) is 11.2. The first-order valence-corrected chi connectivity index (χ1v) is 8.48. The Morgan fingerprint density at radius 1 is 1.30 bits per heavy atom. The molecule has 2 amide bonds. The lowest BCUT2D eigenvalue weighted by Crippen LogP contribution is -2.53.